The molecule has 1 aliphatic rings. The van der Waals surface area contributed by atoms with E-state index in [0.29, 0.717) is 0 Å². The van der Waals surface area contributed by atoms with Crippen molar-refractivity contribution in [1.29, 1.82) is 0 Å². The second kappa shape index (κ2) is 7.24. The molecule has 0 saturated carbocycles. The zero-order valence-electron chi connectivity index (χ0n) is 10.8. The molecule has 90 valence electrons. The highest BCUT2D eigenvalue weighted by molar-refractivity contribution is 4.73. The molecular weight excluding hydrogens is 184 g/mol. The maximum Gasteiger partial charge on any atom is -0.00156 e. The molecule has 0 bridgehead atoms. The van der Waals surface area contributed by atoms with E-state index in [0.717, 1.165) is 18.4 Å². The topological polar surface area (TPSA) is 15.3 Å². The zero-order chi connectivity index (χ0) is 11.1. The fourth-order valence-electron chi connectivity index (χ4n) is 2.20. The standard InChI is InChI=1S/C13H28N2/c1-4-14-11-13-6-9-15(10-7-13)8-5-12(2)3/h12-14H,4-11H2,1-3H3. The Bertz CT molecular complexity index is 149. The Morgan fingerprint density at radius 1 is 1.27 bits per heavy atom. The lowest BCUT2D eigenvalue weighted by Crippen LogP contribution is -2.38. The molecule has 0 aromatic carbocycles. The van der Waals surface area contributed by atoms with Crippen LogP contribution >= 0.6 is 0 Å². The van der Waals surface area contributed by atoms with Gasteiger partial charge in [-0.25, -0.2) is 0 Å². The lowest BCUT2D eigenvalue weighted by Gasteiger charge is -2.32. The number of nitrogens with one attached hydrogen (secondary N) is 1. The summed E-state index contributed by atoms with van der Waals surface area (Å²) in [5, 5.41) is 3.46. The van der Waals surface area contributed by atoms with Crippen molar-refractivity contribution in [2.75, 3.05) is 32.7 Å². The van der Waals surface area contributed by atoms with Gasteiger partial charge in [0.1, 0.15) is 0 Å². The second-order valence-electron chi connectivity index (χ2n) is 5.28. The maximum atomic E-state index is 3.46. The fourth-order valence-corrected chi connectivity index (χ4v) is 2.20. The van der Waals surface area contributed by atoms with E-state index in [9.17, 15) is 0 Å². The lowest BCUT2D eigenvalue weighted by atomic mass is 9.96. The summed E-state index contributed by atoms with van der Waals surface area (Å²) in [6.07, 6.45) is 4.15. The fraction of sp³-hybridized carbons (Fsp3) is 1.00. The molecule has 1 fully saturated rings. The highest BCUT2D eigenvalue weighted by Gasteiger charge is 2.18. The molecule has 0 aliphatic carbocycles. The molecule has 0 atom stereocenters. The highest BCUT2D eigenvalue weighted by atomic mass is 15.1. The van der Waals surface area contributed by atoms with Crippen LogP contribution in [0.1, 0.15) is 40.0 Å². The van der Waals surface area contributed by atoms with Gasteiger partial charge in [-0.1, -0.05) is 20.8 Å². The predicted octanol–water partition coefficient (Wildman–Crippen LogP) is 2.35. The van der Waals surface area contributed by atoms with E-state index in [2.05, 4.69) is 31.0 Å². The first-order valence-corrected chi connectivity index (χ1v) is 6.65. The normalized spacial score (nSPS) is 20.0. The molecule has 1 N–H and O–H groups in total. The van der Waals surface area contributed by atoms with Crippen molar-refractivity contribution in [2.45, 2.75) is 40.0 Å². The van der Waals surface area contributed by atoms with Gasteiger partial charge < -0.3 is 10.2 Å². The van der Waals surface area contributed by atoms with Crippen molar-refractivity contribution in [3.63, 3.8) is 0 Å². The van der Waals surface area contributed by atoms with Gasteiger partial charge in [-0.3, -0.25) is 0 Å². The van der Waals surface area contributed by atoms with Crippen LogP contribution in [-0.4, -0.2) is 37.6 Å². The van der Waals surface area contributed by atoms with Crippen LogP contribution < -0.4 is 5.32 Å². The third kappa shape index (κ3) is 5.53. The molecule has 0 aromatic rings. The minimum absolute atomic E-state index is 0.851. The van der Waals surface area contributed by atoms with E-state index >= 15 is 0 Å². The molecule has 1 heterocycles. The Kier molecular flexibility index (Phi) is 6.26. The van der Waals surface area contributed by atoms with Gasteiger partial charge in [-0.15, -0.1) is 0 Å². The van der Waals surface area contributed by atoms with Crippen molar-refractivity contribution in [3.8, 4) is 0 Å². The molecule has 0 radical (unpaired) electrons. The number of piperidine rings is 1. The van der Waals surface area contributed by atoms with E-state index in [1.807, 2.05) is 0 Å². The van der Waals surface area contributed by atoms with Crippen LogP contribution in [0.15, 0.2) is 0 Å². The van der Waals surface area contributed by atoms with Crippen molar-refractivity contribution in [1.82, 2.24) is 10.2 Å². The Morgan fingerprint density at radius 3 is 2.47 bits per heavy atom. The Labute approximate surface area is 95.4 Å². The Balaban J connectivity index is 2.07. The van der Waals surface area contributed by atoms with Crippen molar-refractivity contribution >= 4 is 0 Å². The van der Waals surface area contributed by atoms with E-state index in [-0.39, 0.29) is 0 Å². The summed E-state index contributed by atoms with van der Waals surface area (Å²) in [6, 6.07) is 0. The van der Waals surface area contributed by atoms with Crippen molar-refractivity contribution in [3.05, 3.63) is 0 Å². The van der Waals surface area contributed by atoms with Gasteiger partial charge in [0.15, 0.2) is 0 Å². The first-order valence-electron chi connectivity index (χ1n) is 6.65. The van der Waals surface area contributed by atoms with Crippen LogP contribution in [0.5, 0.6) is 0 Å². The SMILES string of the molecule is CCNCC1CCN(CCC(C)C)CC1. The van der Waals surface area contributed by atoms with Gasteiger partial charge in [-0.05, 0) is 63.8 Å². The molecule has 0 unspecified atom stereocenters. The molecule has 0 spiro atoms. The van der Waals surface area contributed by atoms with Crippen LogP contribution in [0.2, 0.25) is 0 Å². The van der Waals surface area contributed by atoms with E-state index in [1.165, 1.54) is 45.4 Å². The summed E-state index contributed by atoms with van der Waals surface area (Å²) in [4.78, 5) is 2.64. The Hall–Kier alpha value is -0.0800. The minimum Gasteiger partial charge on any atom is -0.317 e. The van der Waals surface area contributed by atoms with Crippen LogP contribution in [0.25, 0.3) is 0 Å². The molecular formula is C13H28N2. The summed E-state index contributed by atoms with van der Waals surface area (Å²) in [5.41, 5.74) is 0. The summed E-state index contributed by atoms with van der Waals surface area (Å²) in [7, 11) is 0. The van der Waals surface area contributed by atoms with Gasteiger partial charge in [-0.2, -0.15) is 0 Å². The van der Waals surface area contributed by atoms with Gasteiger partial charge in [0.25, 0.3) is 0 Å². The first-order chi connectivity index (χ1) is 7.22. The number of hydrogen-bond donors (Lipinski definition) is 1. The van der Waals surface area contributed by atoms with Gasteiger partial charge in [0.05, 0.1) is 0 Å². The minimum atomic E-state index is 0.851. The van der Waals surface area contributed by atoms with Gasteiger partial charge in [0, 0.05) is 0 Å². The largest absolute Gasteiger partial charge is 0.317 e. The summed E-state index contributed by atoms with van der Waals surface area (Å²) < 4.78 is 0. The Morgan fingerprint density at radius 2 is 1.93 bits per heavy atom. The quantitative estimate of drug-likeness (QED) is 0.727. The van der Waals surface area contributed by atoms with Crippen molar-refractivity contribution < 1.29 is 0 Å². The van der Waals surface area contributed by atoms with Crippen LogP contribution in [0.3, 0.4) is 0 Å². The number of rotatable bonds is 6. The lowest BCUT2D eigenvalue weighted by molar-refractivity contribution is 0.175. The average molecular weight is 212 g/mol. The second-order valence-corrected chi connectivity index (χ2v) is 5.28. The smallest absolute Gasteiger partial charge is 0.00156 e. The summed E-state index contributed by atoms with van der Waals surface area (Å²) in [6.45, 7) is 13.1. The van der Waals surface area contributed by atoms with Crippen molar-refractivity contribution in [2.24, 2.45) is 11.8 Å². The van der Waals surface area contributed by atoms with E-state index < -0.39 is 0 Å². The average Bonchev–Trinajstić information content (AvgIpc) is 2.25. The number of hydrogen-bond acceptors (Lipinski definition) is 2. The molecule has 0 amide bonds. The molecule has 0 aromatic heterocycles. The van der Waals surface area contributed by atoms with E-state index in [1.54, 1.807) is 0 Å². The summed E-state index contributed by atoms with van der Waals surface area (Å²) in [5.74, 6) is 1.78. The third-order valence-electron chi connectivity index (χ3n) is 3.41. The van der Waals surface area contributed by atoms with Crippen LogP contribution in [0.4, 0.5) is 0 Å². The van der Waals surface area contributed by atoms with E-state index in [4.69, 9.17) is 0 Å². The molecule has 1 saturated heterocycles. The van der Waals surface area contributed by atoms with Crippen LogP contribution in [0, 0.1) is 11.8 Å². The van der Waals surface area contributed by atoms with Gasteiger partial charge >= 0.3 is 0 Å². The monoisotopic (exact) mass is 212 g/mol. The molecule has 1 aliphatic heterocycles. The van der Waals surface area contributed by atoms with Gasteiger partial charge in [0.2, 0.25) is 0 Å². The third-order valence-corrected chi connectivity index (χ3v) is 3.41. The predicted molar refractivity (Wildman–Crippen MR) is 67.2 cm³/mol. The maximum absolute atomic E-state index is 3.46. The molecule has 2 heteroatoms. The molecule has 1 rings (SSSR count). The summed E-state index contributed by atoms with van der Waals surface area (Å²) >= 11 is 0. The zero-order valence-corrected chi connectivity index (χ0v) is 10.8. The number of nitrogens with zero attached hydrogens (tertiary/aromatic N) is 1. The first kappa shape index (κ1) is 13.0. The van der Waals surface area contributed by atoms with Crippen LogP contribution in [-0.2, 0) is 0 Å². The number of likely N-dealkylation sites (tertiary alicyclic amines) is 1. The molecule has 2 nitrogen and oxygen atoms in total. The molecule has 15 heavy (non-hydrogen) atoms. The highest BCUT2D eigenvalue weighted by Crippen LogP contribution is 2.17.